The molecule has 9 N–H and O–H groups in total. The number of nitrogens with one attached hydrogen (secondary N) is 6. The molecule has 0 unspecified atom stereocenters. The largest absolute Gasteiger partial charge is 0.481 e. The monoisotopic (exact) mass is 811 g/mol. The van der Waals surface area contributed by atoms with Crippen LogP contribution in [0, 0.1) is 11.8 Å². The molecule has 1 rings (SSSR count). The van der Waals surface area contributed by atoms with Crippen molar-refractivity contribution in [2.45, 2.75) is 136 Å². The summed E-state index contributed by atoms with van der Waals surface area (Å²) in [6, 6.07) is -7.80. The summed E-state index contributed by atoms with van der Waals surface area (Å²) >= 11 is 0. The maximum atomic E-state index is 14.0. The zero-order valence-corrected chi connectivity index (χ0v) is 33.2. The zero-order valence-electron chi connectivity index (χ0n) is 33.2. The molecular weight excluding hydrogens is 754 g/mol. The quantitative estimate of drug-likeness (QED) is 0.0471. The van der Waals surface area contributed by atoms with E-state index in [1.165, 1.54) is 4.90 Å². The van der Waals surface area contributed by atoms with Crippen molar-refractivity contribution in [1.29, 1.82) is 0 Å². The van der Waals surface area contributed by atoms with E-state index < -0.39 is 133 Å². The third-order valence-electron chi connectivity index (χ3n) is 8.86. The number of nitrogens with zero attached hydrogens (tertiary/aromatic N) is 1. The number of aliphatic carboxylic acids is 3. The Labute approximate surface area is 330 Å². The third kappa shape index (κ3) is 17.4. The van der Waals surface area contributed by atoms with Crippen LogP contribution < -0.4 is 31.9 Å². The molecular formula is C36H57N7O14. The van der Waals surface area contributed by atoms with Crippen molar-refractivity contribution in [3.05, 3.63) is 0 Å². The first kappa shape index (κ1) is 49.4. The van der Waals surface area contributed by atoms with E-state index >= 15 is 0 Å². The minimum Gasteiger partial charge on any atom is -0.481 e. The van der Waals surface area contributed by atoms with Crippen molar-refractivity contribution < 1.29 is 68.1 Å². The van der Waals surface area contributed by atoms with E-state index in [2.05, 4.69) is 26.6 Å². The van der Waals surface area contributed by atoms with E-state index in [0.717, 1.165) is 6.92 Å². The lowest BCUT2D eigenvalue weighted by atomic mass is 9.98. The number of hydrogen-bond donors (Lipinski definition) is 9. The third-order valence-corrected chi connectivity index (χ3v) is 8.86. The molecule has 1 aliphatic heterocycles. The average molecular weight is 812 g/mol. The van der Waals surface area contributed by atoms with Crippen LogP contribution in [0.15, 0.2) is 0 Å². The summed E-state index contributed by atoms with van der Waals surface area (Å²) in [6.45, 7) is 8.91. The van der Waals surface area contributed by atoms with E-state index in [1.54, 1.807) is 34.6 Å². The molecule has 21 heteroatoms. The standard InChI is InChI=1S/C36H57N7O14/c1-7-9-21(30(51)35(56)37-17-28(49)50)39-34(55)25-10-8-15-43(25)36(57)29(19(4)5)42-33(54)24(16-18(2)3)41-32(53)23(12-14-27(47)48)40-31(52)22(38-20(6)44)11-13-26(45)46/h18-19,21-25,29H,7-17H2,1-6H3,(H,37,56)(H,38,44)(H,39,55)(H,40,52)(H,41,53)(H,42,54)(H,45,46)(H,47,48)(H,49,50)/t21-,22-,23-,24-,25-,29-/m0/s1. The van der Waals surface area contributed by atoms with Gasteiger partial charge in [-0.2, -0.15) is 0 Å². The molecule has 6 atom stereocenters. The highest BCUT2D eigenvalue weighted by molar-refractivity contribution is 6.38. The Morgan fingerprint density at radius 1 is 0.667 bits per heavy atom. The second-order valence-corrected chi connectivity index (χ2v) is 14.6. The molecule has 57 heavy (non-hydrogen) atoms. The fourth-order valence-electron chi connectivity index (χ4n) is 6.04. The molecule has 21 nitrogen and oxygen atoms in total. The van der Waals surface area contributed by atoms with E-state index in [4.69, 9.17) is 10.2 Å². The number of carboxylic acid groups (broad SMARTS) is 3. The predicted octanol–water partition coefficient (Wildman–Crippen LogP) is -1.58. The van der Waals surface area contributed by atoms with Crippen LogP contribution in [0.5, 0.6) is 0 Å². The van der Waals surface area contributed by atoms with Gasteiger partial charge < -0.3 is 52.1 Å². The summed E-state index contributed by atoms with van der Waals surface area (Å²) in [5.41, 5.74) is 0. The van der Waals surface area contributed by atoms with E-state index in [1.807, 2.05) is 5.32 Å². The topological polar surface area (TPSA) is 324 Å². The highest BCUT2D eigenvalue weighted by Crippen LogP contribution is 2.21. The van der Waals surface area contributed by atoms with Gasteiger partial charge in [0.2, 0.25) is 41.2 Å². The Morgan fingerprint density at radius 2 is 1.19 bits per heavy atom. The number of ketones is 1. The van der Waals surface area contributed by atoms with Crippen molar-refractivity contribution in [2.24, 2.45) is 11.8 Å². The number of carbonyl (C=O) groups excluding carboxylic acids is 8. The number of carboxylic acids is 3. The Kier molecular flexibility index (Phi) is 20.9. The average Bonchev–Trinajstić information content (AvgIpc) is 3.61. The lowest BCUT2D eigenvalue weighted by Gasteiger charge is -2.32. The van der Waals surface area contributed by atoms with Gasteiger partial charge in [-0.3, -0.25) is 52.7 Å². The predicted molar refractivity (Wildman–Crippen MR) is 199 cm³/mol. The number of Topliss-reactive ketones (excluding diaryl/α,β-unsaturated/α-hetero) is 1. The molecule has 0 aromatic heterocycles. The van der Waals surface area contributed by atoms with Gasteiger partial charge in [-0.05, 0) is 50.4 Å². The Balaban J connectivity index is 3.27. The molecule has 1 aliphatic rings. The number of amides is 7. The Hall–Kier alpha value is -5.63. The minimum atomic E-state index is -1.53. The number of carbonyl (C=O) groups is 11. The van der Waals surface area contributed by atoms with Gasteiger partial charge in [-0.25, -0.2) is 0 Å². The maximum Gasteiger partial charge on any atom is 0.322 e. The van der Waals surface area contributed by atoms with Crippen molar-refractivity contribution >= 4 is 65.0 Å². The van der Waals surface area contributed by atoms with Gasteiger partial charge >= 0.3 is 17.9 Å². The summed E-state index contributed by atoms with van der Waals surface area (Å²) in [7, 11) is 0. The molecule has 0 spiro atoms. The normalized spacial score (nSPS) is 16.3. The maximum absolute atomic E-state index is 14.0. The molecule has 1 saturated heterocycles. The van der Waals surface area contributed by atoms with Crippen LogP contribution in [0.4, 0.5) is 0 Å². The van der Waals surface area contributed by atoms with Crippen molar-refractivity contribution in [3.8, 4) is 0 Å². The van der Waals surface area contributed by atoms with Crippen LogP contribution in [-0.4, -0.2) is 135 Å². The molecule has 7 amide bonds. The van der Waals surface area contributed by atoms with Gasteiger partial charge in [0.15, 0.2) is 0 Å². The summed E-state index contributed by atoms with van der Waals surface area (Å²) in [6.07, 6.45) is -0.801. The van der Waals surface area contributed by atoms with Gasteiger partial charge in [0.25, 0.3) is 5.91 Å². The first-order chi connectivity index (χ1) is 26.6. The molecule has 0 aliphatic carbocycles. The lowest BCUT2D eigenvalue weighted by Crippen LogP contribution is -2.60. The SMILES string of the molecule is CCC[C@H](NC(=O)[C@@H]1CCCN1C(=O)[C@@H](NC(=O)[C@H](CC(C)C)NC(=O)[C@H](CCC(=O)O)NC(=O)[C@H](CCC(=O)O)NC(C)=O)C(C)C)C(=O)C(=O)NCC(=O)O. The Bertz CT molecular complexity index is 1520. The van der Waals surface area contributed by atoms with Gasteiger partial charge in [-0.15, -0.1) is 0 Å². The van der Waals surface area contributed by atoms with Crippen molar-refractivity contribution in [2.75, 3.05) is 13.1 Å². The minimum absolute atomic E-state index is 0.0327. The fraction of sp³-hybridized carbons (Fsp3) is 0.694. The summed E-state index contributed by atoms with van der Waals surface area (Å²) < 4.78 is 0. The fourth-order valence-corrected chi connectivity index (χ4v) is 6.04. The molecule has 0 aromatic carbocycles. The van der Waals surface area contributed by atoms with Crippen LogP contribution in [0.2, 0.25) is 0 Å². The molecule has 1 fully saturated rings. The van der Waals surface area contributed by atoms with Crippen LogP contribution in [0.1, 0.15) is 99.3 Å². The van der Waals surface area contributed by atoms with E-state index in [9.17, 15) is 57.8 Å². The van der Waals surface area contributed by atoms with Crippen molar-refractivity contribution in [3.63, 3.8) is 0 Å². The second-order valence-electron chi connectivity index (χ2n) is 14.6. The van der Waals surface area contributed by atoms with E-state index in [-0.39, 0.29) is 38.1 Å². The van der Waals surface area contributed by atoms with Crippen molar-refractivity contribution in [1.82, 2.24) is 36.8 Å². The van der Waals surface area contributed by atoms with Gasteiger partial charge in [0, 0.05) is 26.3 Å². The van der Waals surface area contributed by atoms with Crippen LogP contribution in [0.3, 0.4) is 0 Å². The summed E-state index contributed by atoms with van der Waals surface area (Å²) in [5.74, 6) is -11.7. The van der Waals surface area contributed by atoms with Crippen LogP contribution in [0.25, 0.3) is 0 Å². The first-order valence-electron chi connectivity index (χ1n) is 18.9. The number of rotatable bonds is 25. The van der Waals surface area contributed by atoms with Gasteiger partial charge in [-0.1, -0.05) is 41.0 Å². The molecule has 0 saturated carbocycles. The number of hydrogen-bond acceptors (Lipinski definition) is 11. The Morgan fingerprint density at radius 3 is 1.67 bits per heavy atom. The van der Waals surface area contributed by atoms with Crippen LogP contribution in [-0.2, 0) is 52.7 Å². The summed E-state index contributed by atoms with van der Waals surface area (Å²) in [4.78, 5) is 139. The molecule has 1 heterocycles. The molecule has 0 aromatic rings. The van der Waals surface area contributed by atoms with Crippen LogP contribution >= 0.6 is 0 Å². The van der Waals surface area contributed by atoms with E-state index in [0.29, 0.717) is 12.8 Å². The van der Waals surface area contributed by atoms with Gasteiger partial charge in [0.05, 0.1) is 6.04 Å². The summed E-state index contributed by atoms with van der Waals surface area (Å²) in [5, 5.41) is 41.5. The molecule has 0 bridgehead atoms. The lowest BCUT2D eigenvalue weighted by molar-refractivity contribution is -0.145. The number of likely N-dealkylation sites (tertiary alicyclic amines) is 1. The highest BCUT2D eigenvalue weighted by Gasteiger charge is 2.41. The first-order valence-corrected chi connectivity index (χ1v) is 18.9. The second kappa shape index (κ2) is 24.1. The molecule has 0 radical (unpaired) electrons. The van der Waals surface area contributed by atoms with Gasteiger partial charge in [0.1, 0.15) is 36.8 Å². The zero-order chi connectivity index (χ0) is 43.6. The highest BCUT2D eigenvalue weighted by atomic mass is 16.4. The smallest absolute Gasteiger partial charge is 0.322 e. The molecule has 320 valence electrons.